The Kier molecular flexibility index (Phi) is 2.38. The van der Waals surface area contributed by atoms with E-state index in [2.05, 4.69) is 19.9 Å². The van der Waals surface area contributed by atoms with Gasteiger partial charge in [0.1, 0.15) is 0 Å². The third kappa shape index (κ3) is 2.33. The van der Waals surface area contributed by atoms with E-state index in [1.54, 1.807) is 0 Å². The fourth-order valence-electron chi connectivity index (χ4n) is 1.52. The first kappa shape index (κ1) is 8.79. The number of aliphatic hydroxyl groups is 1. The van der Waals surface area contributed by atoms with Gasteiger partial charge in [-0.25, -0.2) is 0 Å². The molecule has 64 valence electrons. The van der Waals surface area contributed by atoms with E-state index in [4.69, 9.17) is 0 Å². The number of rotatable bonds is 1. The molecule has 1 rings (SSSR count). The molecule has 0 radical (unpaired) electrons. The van der Waals surface area contributed by atoms with Crippen molar-refractivity contribution in [2.45, 2.75) is 39.2 Å². The summed E-state index contributed by atoms with van der Waals surface area (Å²) in [6.45, 7) is 6.34. The topological polar surface area (TPSA) is 20.2 Å². The highest BCUT2D eigenvalue weighted by molar-refractivity contribution is 5.06. The van der Waals surface area contributed by atoms with Crippen LogP contribution >= 0.6 is 0 Å². The van der Waals surface area contributed by atoms with E-state index in [-0.39, 0.29) is 0 Å². The second-order valence-corrected chi connectivity index (χ2v) is 4.16. The zero-order chi connectivity index (χ0) is 8.48. The van der Waals surface area contributed by atoms with Crippen LogP contribution in [-0.4, -0.2) is 10.7 Å². The molecule has 0 fully saturated rings. The van der Waals surface area contributed by atoms with Crippen LogP contribution in [0.2, 0.25) is 0 Å². The standard InChI is InChI=1S/C10H18O/c1-8(2)9-4-6-10(3,11)7-5-9/h4,6,8-9,11H,5,7H2,1-3H3/t9-,10+/m0/s1. The molecule has 0 heterocycles. The average Bonchev–Trinajstić information content (AvgIpc) is 1.86. The second kappa shape index (κ2) is 2.98. The van der Waals surface area contributed by atoms with Crippen molar-refractivity contribution in [2.24, 2.45) is 11.8 Å². The van der Waals surface area contributed by atoms with Gasteiger partial charge in [0, 0.05) is 0 Å². The third-order valence-electron chi connectivity index (χ3n) is 2.54. The molecule has 0 amide bonds. The van der Waals surface area contributed by atoms with E-state index >= 15 is 0 Å². The predicted molar refractivity (Wildman–Crippen MR) is 47.3 cm³/mol. The Labute approximate surface area is 69.1 Å². The van der Waals surface area contributed by atoms with Gasteiger partial charge in [0.15, 0.2) is 0 Å². The zero-order valence-electron chi connectivity index (χ0n) is 7.67. The minimum absolute atomic E-state index is 0.536. The van der Waals surface area contributed by atoms with Crippen molar-refractivity contribution in [1.29, 1.82) is 0 Å². The lowest BCUT2D eigenvalue weighted by molar-refractivity contribution is 0.0845. The maximum absolute atomic E-state index is 9.59. The summed E-state index contributed by atoms with van der Waals surface area (Å²) < 4.78 is 0. The molecule has 0 aliphatic heterocycles. The maximum Gasteiger partial charge on any atom is 0.0800 e. The van der Waals surface area contributed by atoms with E-state index in [1.807, 2.05) is 13.0 Å². The summed E-state index contributed by atoms with van der Waals surface area (Å²) in [5.74, 6) is 1.39. The molecule has 0 aromatic heterocycles. The Hall–Kier alpha value is -0.300. The number of allylic oxidation sites excluding steroid dienone is 1. The van der Waals surface area contributed by atoms with Crippen molar-refractivity contribution in [3.63, 3.8) is 0 Å². The highest BCUT2D eigenvalue weighted by atomic mass is 16.3. The molecule has 0 saturated heterocycles. The van der Waals surface area contributed by atoms with Gasteiger partial charge in [0.25, 0.3) is 0 Å². The lowest BCUT2D eigenvalue weighted by atomic mass is 9.81. The van der Waals surface area contributed by atoms with Crippen LogP contribution in [0.4, 0.5) is 0 Å². The number of hydrogen-bond acceptors (Lipinski definition) is 1. The smallest absolute Gasteiger partial charge is 0.0800 e. The molecule has 11 heavy (non-hydrogen) atoms. The van der Waals surface area contributed by atoms with Crippen molar-refractivity contribution in [1.82, 2.24) is 0 Å². The zero-order valence-corrected chi connectivity index (χ0v) is 7.67. The van der Waals surface area contributed by atoms with Crippen molar-refractivity contribution >= 4 is 0 Å². The average molecular weight is 154 g/mol. The van der Waals surface area contributed by atoms with E-state index in [0.29, 0.717) is 11.8 Å². The molecule has 1 aliphatic carbocycles. The Bertz CT molecular complexity index is 156. The van der Waals surface area contributed by atoms with Crippen molar-refractivity contribution < 1.29 is 5.11 Å². The third-order valence-corrected chi connectivity index (χ3v) is 2.54. The molecule has 0 saturated carbocycles. The second-order valence-electron chi connectivity index (χ2n) is 4.16. The first-order valence-electron chi connectivity index (χ1n) is 4.43. The first-order chi connectivity index (χ1) is 5.01. The van der Waals surface area contributed by atoms with Gasteiger partial charge in [0.05, 0.1) is 5.60 Å². The van der Waals surface area contributed by atoms with Gasteiger partial charge in [-0.2, -0.15) is 0 Å². The SMILES string of the molecule is CC(C)[C@H]1C=C[C@@](C)(O)CC1. The molecular formula is C10H18O. The molecule has 1 nitrogen and oxygen atoms in total. The molecule has 0 bridgehead atoms. The van der Waals surface area contributed by atoms with E-state index in [0.717, 1.165) is 12.8 Å². The van der Waals surface area contributed by atoms with Gasteiger partial charge in [0.2, 0.25) is 0 Å². The maximum atomic E-state index is 9.59. The Balaban J connectivity index is 2.56. The molecule has 2 atom stereocenters. The summed E-state index contributed by atoms with van der Waals surface area (Å²) in [5.41, 5.74) is -0.536. The van der Waals surface area contributed by atoms with Crippen molar-refractivity contribution in [3.05, 3.63) is 12.2 Å². The van der Waals surface area contributed by atoms with Crippen molar-refractivity contribution in [3.8, 4) is 0 Å². The Morgan fingerprint density at radius 1 is 1.55 bits per heavy atom. The lowest BCUT2D eigenvalue weighted by Gasteiger charge is -2.29. The quantitative estimate of drug-likeness (QED) is 0.575. The van der Waals surface area contributed by atoms with E-state index in [1.165, 1.54) is 0 Å². The molecule has 0 spiro atoms. The molecular weight excluding hydrogens is 136 g/mol. The highest BCUT2D eigenvalue weighted by Gasteiger charge is 2.24. The minimum atomic E-state index is -0.536. The summed E-state index contributed by atoms with van der Waals surface area (Å²) in [7, 11) is 0. The van der Waals surface area contributed by atoms with E-state index in [9.17, 15) is 5.11 Å². The molecule has 0 aromatic rings. The van der Waals surface area contributed by atoms with Gasteiger partial charge >= 0.3 is 0 Å². The van der Waals surface area contributed by atoms with Crippen LogP contribution in [0, 0.1) is 11.8 Å². The van der Waals surface area contributed by atoms with Crippen LogP contribution in [0.3, 0.4) is 0 Å². The first-order valence-corrected chi connectivity index (χ1v) is 4.43. The van der Waals surface area contributed by atoms with Crippen LogP contribution in [0.5, 0.6) is 0 Å². The van der Waals surface area contributed by atoms with Gasteiger partial charge < -0.3 is 5.11 Å². The monoisotopic (exact) mass is 154 g/mol. The minimum Gasteiger partial charge on any atom is -0.386 e. The van der Waals surface area contributed by atoms with Crippen LogP contribution in [0.15, 0.2) is 12.2 Å². The van der Waals surface area contributed by atoms with Crippen molar-refractivity contribution in [2.75, 3.05) is 0 Å². The summed E-state index contributed by atoms with van der Waals surface area (Å²) >= 11 is 0. The largest absolute Gasteiger partial charge is 0.386 e. The molecule has 0 aromatic carbocycles. The predicted octanol–water partition coefficient (Wildman–Crippen LogP) is 2.36. The summed E-state index contributed by atoms with van der Waals surface area (Å²) in [5, 5.41) is 9.59. The van der Waals surface area contributed by atoms with Gasteiger partial charge in [-0.3, -0.25) is 0 Å². The number of hydrogen-bond donors (Lipinski definition) is 1. The lowest BCUT2D eigenvalue weighted by Crippen LogP contribution is -2.26. The van der Waals surface area contributed by atoms with Gasteiger partial charge in [-0.05, 0) is 31.6 Å². The van der Waals surface area contributed by atoms with Crippen LogP contribution in [0.25, 0.3) is 0 Å². The fourth-order valence-corrected chi connectivity index (χ4v) is 1.52. The normalized spacial score (nSPS) is 38.1. The molecule has 1 N–H and O–H groups in total. The Morgan fingerprint density at radius 2 is 2.18 bits per heavy atom. The fraction of sp³-hybridized carbons (Fsp3) is 0.800. The van der Waals surface area contributed by atoms with E-state index < -0.39 is 5.60 Å². The molecule has 1 aliphatic rings. The van der Waals surface area contributed by atoms with Crippen LogP contribution < -0.4 is 0 Å². The Morgan fingerprint density at radius 3 is 2.55 bits per heavy atom. The molecule has 0 unspecified atom stereocenters. The summed E-state index contributed by atoms with van der Waals surface area (Å²) in [4.78, 5) is 0. The van der Waals surface area contributed by atoms with Crippen LogP contribution in [0.1, 0.15) is 33.6 Å². The summed E-state index contributed by atoms with van der Waals surface area (Å²) in [6.07, 6.45) is 6.14. The summed E-state index contributed by atoms with van der Waals surface area (Å²) in [6, 6.07) is 0. The highest BCUT2D eigenvalue weighted by Crippen LogP contribution is 2.29. The van der Waals surface area contributed by atoms with Gasteiger partial charge in [-0.1, -0.05) is 26.0 Å². The van der Waals surface area contributed by atoms with Gasteiger partial charge in [-0.15, -0.1) is 0 Å². The molecule has 1 heteroatoms. The van der Waals surface area contributed by atoms with Crippen LogP contribution in [-0.2, 0) is 0 Å².